The maximum Gasteiger partial charge on any atom is 0.00561 e. The summed E-state index contributed by atoms with van der Waals surface area (Å²) in [6.07, 6.45) is 9.92. The van der Waals surface area contributed by atoms with Gasteiger partial charge < -0.3 is 0 Å². The molecule has 1 unspecified atom stereocenters. The number of hydrogen-bond donors (Lipinski definition) is 0. The van der Waals surface area contributed by atoms with Crippen molar-refractivity contribution in [3.63, 3.8) is 0 Å². The summed E-state index contributed by atoms with van der Waals surface area (Å²) < 4.78 is 0. The predicted octanol–water partition coefficient (Wildman–Crippen LogP) is 6.62. The minimum Gasteiger partial charge on any atom is -0.0836 e. The van der Waals surface area contributed by atoms with Gasteiger partial charge in [-0.3, -0.25) is 0 Å². The van der Waals surface area contributed by atoms with Crippen molar-refractivity contribution in [3.05, 3.63) is 109 Å². The van der Waals surface area contributed by atoms with Crippen LogP contribution in [-0.4, -0.2) is 0 Å². The zero-order valence-corrected chi connectivity index (χ0v) is 13.6. The summed E-state index contributed by atoms with van der Waals surface area (Å²) in [7, 11) is 0. The average Bonchev–Trinajstić information content (AvgIpc) is 2.70. The van der Waals surface area contributed by atoms with Crippen LogP contribution in [0.15, 0.2) is 103 Å². The van der Waals surface area contributed by atoms with Gasteiger partial charge in [-0.1, -0.05) is 97.1 Å². The topological polar surface area (TPSA) is 0 Å². The lowest BCUT2D eigenvalue weighted by Gasteiger charge is -2.17. The molecule has 0 N–H and O–H groups in total. The second-order valence-corrected chi connectivity index (χ2v) is 6.23. The van der Waals surface area contributed by atoms with Crippen LogP contribution in [0.25, 0.3) is 22.3 Å². The summed E-state index contributed by atoms with van der Waals surface area (Å²) in [4.78, 5) is 0. The minimum absolute atomic E-state index is 0.459. The molecule has 0 heteroatoms. The van der Waals surface area contributed by atoms with E-state index in [4.69, 9.17) is 0 Å². The average molecular weight is 308 g/mol. The summed E-state index contributed by atoms with van der Waals surface area (Å²) in [6.45, 7) is 0. The maximum absolute atomic E-state index is 2.34. The monoisotopic (exact) mass is 308 g/mol. The minimum atomic E-state index is 0.459. The Hall–Kier alpha value is -2.86. The highest BCUT2D eigenvalue weighted by Gasteiger charge is 2.12. The van der Waals surface area contributed by atoms with Gasteiger partial charge in [-0.15, -0.1) is 0 Å². The van der Waals surface area contributed by atoms with E-state index in [1.54, 1.807) is 0 Å². The summed E-state index contributed by atoms with van der Waals surface area (Å²) in [5.74, 6) is 0.459. The Balaban J connectivity index is 1.85. The molecule has 0 aromatic heterocycles. The van der Waals surface area contributed by atoms with Crippen molar-refractivity contribution in [1.29, 1.82) is 0 Å². The summed E-state index contributed by atoms with van der Waals surface area (Å²) in [5, 5.41) is 0. The quantitative estimate of drug-likeness (QED) is 0.510. The molecule has 1 aliphatic carbocycles. The van der Waals surface area contributed by atoms with E-state index in [-0.39, 0.29) is 0 Å². The third-order valence-electron chi connectivity index (χ3n) is 4.58. The van der Waals surface area contributed by atoms with Crippen LogP contribution in [0, 0.1) is 0 Å². The molecule has 0 amide bonds. The fourth-order valence-corrected chi connectivity index (χ4v) is 3.29. The first-order valence-electron chi connectivity index (χ1n) is 8.49. The Morgan fingerprint density at radius 2 is 1.17 bits per heavy atom. The van der Waals surface area contributed by atoms with Gasteiger partial charge in [-0.2, -0.15) is 0 Å². The fourth-order valence-electron chi connectivity index (χ4n) is 3.29. The lowest BCUT2D eigenvalue weighted by atomic mass is 9.87. The van der Waals surface area contributed by atoms with Crippen molar-refractivity contribution in [3.8, 4) is 22.3 Å². The molecule has 3 aromatic carbocycles. The molecule has 0 bridgehead atoms. The molecule has 0 spiro atoms. The van der Waals surface area contributed by atoms with Crippen LogP contribution in [0.4, 0.5) is 0 Å². The molecule has 1 aliphatic rings. The molecule has 24 heavy (non-hydrogen) atoms. The van der Waals surface area contributed by atoms with Gasteiger partial charge in [0.15, 0.2) is 0 Å². The molecule has 0 fully saturated rings. The molecule has 3 aromatic rings. The van der Waals surface area contributed by atoms with Gasteiger partial charge in [-0.05, 0) is 40.3 Å². The molecule has 4 rings (SSSR count). The molecular formula is C24H20. The smallest absolute Gasteiger partial charge is 0.00561 e. The van der Waals surface area contributed by atoms with E-state index in [0.29, 0.717) is 5.92 Å². The highest BCUT2D eigenvalue weighted by Crippen LogP contribution is 2.33. The number of hydrogen-bond acceptors (Lipinski definition) is 0. The first-order valence-corrected chi connectivity index (χ1v) is 8.49. The second-order valence-electron chi connectivity index (χ2n) is 6.23. The van der Waals surface area contributed by atoms with E-state index < -0.39 is 0 Å². The molecular weight excluding hydrogens is 288 g/mol. The van der Waals surface area contributed by atoms with Crippen LogP contribution >= 0.6 is 0 Å². The Morgan fingerprint density at radius 1 is 0.583 bits per heavy atom. The van der Waals surface area contributed by atoms with Gasteiger partial charge in [0.2, 0.25) is 0 Å². The number of benzene rings is 3. The summed E-state index contributed by atoms with van der Waals surface area (Å²) >= 11 is 0. The van der Waals surface area contributed by atoms with Gasteiger partial charge in [0, 0.05) is 5.92 Å². The van der Waals surface area contributed by atoms with Crippen LogP contribution in [-0.2, 0) is 0 Å². The van der Waals surface area contributed by atoms with Crippen LogP contribution in [0.2, 0.25) is 0 Å². The molecule has 0 radical (unpaired) electrons. The van der Waals surface area contributed by atoms with Crippen molar-refractivity contribution < 1.29 is 0 Å². The zero-order chi connectivity index (χ0) is 16.2. The lowest BCUT2D eigenvalue weighted by Crippen LogP contribution is -1.97. The normalized spacial score (nSPS) is 16.2. The van der Waals surface area contributed by atoms with Crippen molar-refractivity contribution in [2.24, 2.45) is 0 Å². The Morgan fingerprint density at radius 3 is 1.67 bits per heavy atom. The largest absolute Gasteiger partial charge is 0.0836 e. The molecule has 116 valence electrons. The second kappa shape index (κ2) is 6.72. The zero-order valence-electron chi connectivity index (χ0n) is 13.6. The van der Waals surface area contributed by atoms with Crippen LogP contribution in [0.1, 0.15) is 17.9 Å². The van der Waals surface area contributed by atoms with E-state index in [1.807, 2.05) is 0 Å². The van der Waals surface area contributed by atoms with Crippen molar-refractivity contribution in [2.45, 2.75) is 12.3 Å². The fraction of sp³-hybridized carbons (Fsp3) is 0.0833. The molecule has 0 saturated carbocycles. The molecule has 0 aliphatic heterocycles. The third kappa shape index (κ3) is 3.09. The van der Waals surface area contributed by atoms with Gasteiger partial charge in [0.1, 0.15) is 0 Å². The number of rotatable bonds is 3. The third-order valence-corrected chi connectivity index (χ3v) is 4.58. The highest BCUT2D eigenvalue weighted by molar-refractivity contribution is 5.74. The molecule has 1 atom stereocenters. The van der Waals surface area contributed by atoms with E-state index in [0.717, 1.165) is 6.42 Å². The highest BCUT2D eigenvalue weighted by atomic mass is 14.2. The maximum atomic E-state index is 2.34. The standard InChI is InChI=1S/C24H20/c1-4-10-19(11-5-1)22-16-23(20-12-6-2-7-13-20)18-24(17-22)21-14-8-3-9-15-21/h1-14,16-18,21H,15H2. The molecule has 0 nitrogen and oxygen atoms in total. The molecule has 0 saturated heterocycles. The first-order chi connectivity index (χ1) is 11.9. The Bertz CT molecular complexity index is 813. The van der Waals surface area contributed by atoms with E-state index in [1.165, 1.54) is 27.8 Å². The predicted molar refractivity (Wildman–Crippen MR) is 103 cm³/mol. The van der Waals surface area contributed by atoms with Crippen LogP contribution in [0.5, 0.6) is 0 Å². The summed E-state index contributed by atoms with van der Waals surface area (Å²) in [6, 6.07) is 28.3. The SMILES string of the molecule is C1=CCC(c2cc(-c3ccccc3)cc(-c3ccccc3)c2)C=C1. The van der Waals surface area contributed by atoms with E-state index >= 15 is 0 Å². The molecule has 0 heterocycles. The van der Waals surface area contributed by atoms with Gasteiger partial charge >= 0.3 is 0 Å². The first kappa shape index (κ1) is 14.7. The van der Waals surface area contributed by atoms with Crippen LogP contribution in [0.3, 0.4) is 0 Å². The number of allylic oxidation sites excluding steroid dienone is 4. The Labute approximate surface area is 143 Å². The van der Waals surface area contributed by atoms with Gasteiger partial charge in [0.25, 0.3) is 0 Å². The van der Waals surface area contributed by atoms with E-state index in [2.05, 4.69) is 103 Å². The van der Waals surface area contributed by atoms with Crippen molar-refractivity contribution >= 4 is 0 Å². The van der Waals surface area contributed by atoms with Gasteiger partial charge in [0.05, 0.1) is 0 Å². The lowest BCUT2D eigenvalue weighted by molar-refractivity contribution is 0.854. The summed E-state index contributed by atoms with van der Waals surface area (Å²) in [5.41, 5.74) is 6.50. The Kier molecular flexibility index (Phi) is 4.12. The van der Waals surface area contributed by atoms with Crippen molar-refractivity contribution in [2.75, 3.05) is 0 Å². The van der Waals surface area contributed by atoms with Crippen molar-refractivity contribution in [1.82, 2.24) is 0 Å². The van der Waals surface area contributed by atoms with Gasteiger partial charge in [-0.25, -0.2) is 0 Å². The van der Waals surface area contributed by atoms with Crippen LogP contribution < -0.4 is 0 Å². The van der Waals surface area contributed by atoms with E-state index in [9.17, 15) is 0 Å².